The van der Waals surface area contributed by atoms with Crippen LogP contribution in [0.3, 0.4) is 0 Å². The van der Waals surface area contributed by atoms with Crippen LogP contribution in [0.1, 0.15) is 28.6 Å². The average Bonchev–Trinajstić information content (AvgIpc) is 3.20. The molecule has 0 saturated carbocycles. The van der Waals surface area contributed by atoms with Gasteiger partial charge in [0.2, 0.25) is 0 Å². The van der Waals surface area contributed by atoms with E-state index in [1.165, 1.54) is 27.7 Å². The summed E-state index contributed by atoms with van der Waals surface area (Å²) in [5.74, 6) is 2.60. The molecule has 5 nitrogen and oxygen atoms in total. The van der Waals surface area contributed by atoms with Crippen LogP contribution in [0.2, 0.25) is 0 Å². The number of benzene rings is 1. The molecule has 0 aliphatic carbocycles. The monoisotopic (exact) mass is 324 g/mol. The number of H-pyrrole nitrogens is 1. The maximum absolute atomic E-state index is 5.82. The van der Waals surface area contributed by atoms with Gasteiger partial charge >= 0.3 is 0 Å². The molecule has 0 spiro atoms. The number of nitrogens with zero attached hydrogens (tertiary/aromatic N) is 1. The van der Waals surface area contributed by atoms with Gasteiger partial charge in [-0.15, -0.1) is 0 Å². The molecule has 1 N–H and O–H groups in total. The molecule has 3 aromatic rings. The van der Waals surface area contributed by atoms with Crippen LogP contribution in [-0.2, 0) is 19.4 Å². The van der Waals surface area contributed by atoms with E-state index in [1.807, 2.05) is 6.07 Å². The first-order valence-corrected chi connectivity index (χ1v) is 8.35. The SMILES string of the molecule is COc1ccc2[nH]c3c(c2c1)C[C@H]1c2cc(OC)oc2CCN1C3. The molecule has 124 valence electrons. The largest absolute Gasteiger partial charge is 0.497 e. The molecule has 0 radical (unpaired) electrons. The fourth-order valence-electron chi connectivity index (χ4n) is 4.20. The van der Waals surface area contributed by atoms with Crippen LogP contribution < -0.4 is 9.47 Å². The predicted octanol–water partition coefficient (Wildman–Crippen LogP) is 3.43. The summed E-state index contributed by atoms with van der Waals surface area (Å²) < 4.78 is 16.5. The summed E-state index contributed by atoms with van der Waals surface area (Å²) in [5.41, 5.74) is 5.19. The van der Waals surface area contributed by atoms with Crippen molar-refractivity contribution in [1.82, 2.24) is 9.88 Å². The first-order chi connectivity index (χ1) is 11.8. The standard InChI is InChI=1S/C19H20N2O3/c1-22-11-3-4-15-12(7-11)13-8-17-14-9-19(23-2)24-18(14)5-6-21(17)10-16(13)20-15/h3-4,7,9,17,20H,5-6,8,10H2,1-2H3/t17-/m0/s1. The predicted molar refractivity (Wildman–Crippen MR) is 90.7 cm³/mol. The van der Waals surface area contributed by atoms with E-state index in [0.29, 0.717) is 12.0 Å². The highest BCUT2D eigenvalue weighted by Gasteiger charge is 2.36. The molecule has 2 aromatic heterocycles. The van der Waals surface area contributed by atoms with Crippen molar-refractivity contribution in [3.8, 4) is 11.7 Å². The first kappa shape index (κ1) is 14.0. The Hall–Kier alpha value is -2.40. The molecular formula is C19H20N2O3. The van der Waals surface area contributed by atoms with Gasteiger partial charge in [-0.2, -0.15) is 0 Å². The van der Waals surface area contributed by atoms with E-state index in [1.54, 1.807) is 14.2 Å². The van der Waals surface area contributed by atoms with Gasteiger partial charge in [0.05, 0.1) is 14.2 Å². The van der Waals surface area contributed by atoms with Crippen LogP contribution in [0.15, 0.2) is 28.7 Å². The Morgan fingerprint density at radius 1 is 1.21 bits per heavy atom. The van der Waals surface area contributed by atoms with E-state index in [0.717, 1.165) is 37.4 Å². The Morgan fingerprint density at radius 3 is 2.96 bits per heavy atom. The second-order valence-corrected chi connectivity index (χ2v) is 6.58. The van der Waals surface area contributed by atoms with Crippen molar-refractivity contribution < 1.29 is 13.9 Å². The molecule has 2 aliphatic rings. The van der Waals surface area contributed by atoms with E-state index in [9.17, 15) is 0 Å². The number of rotatable bonds is 2. The molecule has 0 amide bonds. The lowest BCUT2D eigenvalue weighted by atomic mass is 9.88. The van der Waals surface area contributed by atoms with Crippen LogP contribution in [0.5, 0.6) is 11.7 Å². The molecule has 1 aromatic carbocycles. The Labute approximate surface area is 140 Å². The summed E-state index contributed by atoms with van der Waals surface area (Å²) in [6, 6.07) is 8.68. The highest BCUT2D eigenvalue weighted by molar-refractivity contribution is 5.86. The molecule has 0 unspecified atom stereocenters. The highest BCUT2D eigenvalue weighted by Crippen LogP contribution is 2.42. The number of fused-ring (bicyclic) bond motifs is 6. The van der Waals surface area contributed by atoms with Crippen molar-refractivity contribution in [2.45, 2.75) is 25.4 Å². The molecule has 0 saturated heterocycles. The van der Waals surface area contributed by atoms with Gasteiger partial charge in [0.1, 0.15) is 11.5 Å². The van der Waals surface area contributed by atoms with E-state index >= 15 is 0 Å². The summed E-state index contributed by atoms with van der Waals surface area (Å²) in [4.78, 5) is 6.13. The Kier molecular flexibility index (Phi) is 2.94. The van der Waals surface area contributed by atoms with E-state index in [-0.39, 0.29) is 0 Å². The lowest BCUT2D eigenvalue weighted by molar-refractivity contribution is 0.151. The summed E-state index contributed by atoms with van der Waals surface area (Å²) in [5, 5.41) is 1.27. The highest BCUT2D eigenvalue weighted by atomic mass is 16.6. The topological polar surface area (TPSA) is 50.6 Å². The van der Waals surface area contributed by atoms with Crippen molar-refractivity contribution in [2.24, 2.45) is 0 Å². The van der Waals surface area contributed by atoms with Crippen LogP contribution >= 0.6 is 0 Å². The molecule has 24 heavy (non-hydrogen) atoms. The van der Waals surface area contributed by atoms with E-state index in [2.05, 4.69) is 28.1 Å². The quantitative estimate of drug-likeness (QED) is 0.784. The van der Waals surface area contributed by atoms with E-state index in [4.69, 9.17) is 13.9 Å². The zero-order valence-electron chi connectivity index (χ0n) is 13.9. The maximum Gasteiger partial charge on any atom is 0.284 e. The zero-order chi connectivity index (χ0) is 16.3. The zero-order valence-corrected chi connectivity index (χ0v) is 13.9. The second-order valence-electron chi connectivity index (χ2n) is 6.58. The molecule has 2 aliphatic heterocycles. The van der Waals surface area contributed by atoms with E-state index < -0.39 is 0 Å². The third-order valence-corrected chi connectivity index (χ3v) is 5.41. The molecule has 0 fully saturated rings. The smallest absolute Gasteiger partial charge is 0.284 e. The number of hydrogen-bond acceptors (Lipinski definition) is 4. The summed E-state index contributed by atoms with van der Waals surface area (Å²) in [6.07, 6.45) is 1.93. The molecule has 5 heteroatoms. The number of hydrogen-bond donors (Lipinski definition) is 1. The third-order valence-electron chi connectivity index (χ3n) is 5.41. The summed E-state index contributed by atoms with van der Waals surface area (Å²) >= 11 is 0. The number of nitrogens with one attached hydrogen (secondary N) is 1. The number of ether oxygens (including phenoxy) is 2. The minimum atomic E-state index is 0.360. The molecule has 1 atom stereocenters. The van der Waals surface area contributed by atoms with Gasteiger partial charge in [0, 0.05) is 53.8 Å². The Morgan fingerprint density at radius 2 is 2.12 bits per heavy atom. The van der Waals surface area contributed by atoms with Crippen LogP contribution in [0.4, 0.5) is 0 Å². The second kappa shape index (κ2) is 5.05. The van der Waals surface area contributed by atoms with Crippen molar-refractivity contribution in [3.05, 3.63) is 46.8 Å². The van der Waals surface area contributed by atoms with Crippen molar-refractivity contribution >= 4 is 10.9 Å². The van der Waals surface area contributed by atoms with Crippen molar-refractivity contribution in [1.29, 1.82) is 0 Å². The molecule has 0 bridgehead atoms. The Balaban J connectivity index is 1.61. The fraction of sp³-hybridized carbons (Fsp3) is 0.368. The normalized spacial score (nSPS) is 19.7. The molecule has 4 heterocycles. The number of methoxy groups -OCH3 is 2. The lowest BCUT2D eigenvalue weighted by Gasteiger charge is -2.38. The number of aromatic nitrogens is 1. The van der Waals surface area contributed by atoms with Crippen molar-refractivity contribution in [3.63, 3.8) is 0 Å². The van der Waals surface area contributed by atoms with Gasteiger partial charge < -0.3 is 18.9 Å². The minimum Gasteiger partial charge on any atom is -0.497 e. The van der Waals surface area contributed by atoms with Gasteiger partial charge in [-0.3, -0.25) is 4.90 Å². The van der Waals surface area contributed by atoms with Crippen LogP contribution in [0.25, 0.3) is 10.9 Å². The average molecular weight is 324 g/mol. The number of aromatic amines is 1. The van der Waals surface area contributed by atoms with Gasteiger partial charge in [-0.25, -0.2) is 0 Å². The summed E-state index contributed by atoms with van der Waals surface area (Å²) in [6.45, 7) is 1.97. The first-order valence-electron chi connectivity index (χ1n) is 8.35. The van der Waals surface area contributed by atoms with Crippen molar-refractivity contribution in [2.75, 3.05) is 20.8 Å². The third kappa shape index (κ3) is 1.91. The Bertz CT molecular complexity index is 924. The van der Waals surface area contributed by atoms with Gasteiger partial charge in [0.25, 0.3) is 5.95 Å². The fourth-order valence-corrected chi connectivity index (χ4v) is 4.20. The summed E-state index contributed by atoms with van der Waals surface area (Å²) in [7, 11) is 3.38. The molecular weight excluding hydrogens is 304 g/mol. The number of furan rings is 1. The maximum atomic E-state index is 5.82. The van der Waals surface area contributed by atoms with Crippen LogP contribution in [-0.4, -0.2) is 30.6 Å². The van der Waals surface area contributed by atoms with Gasteiger partial charge in [-0.1, -0.05) is 0 Å². The minimum absolute atomic E-state index is 0.360. The van der Waals surface area contributed by atoms with Gasteiger partial charge in [-0.05, 0) is 30.2 Å². The van der Waals surface area contributed by atoms with Gasteiger partial charge in [0.15, 0.2) is 0 Å². The molecule has 5 rings (SSSR count). The van der Waals surface area contributed by atoms with Crippen LogP contribution in [0, 0.1) is 0 Å². The lowest BCUT2D eigenvalue weighted by Crippen LogP contribution is -2.38.